The molecule has 1 aromatic carbocycles. The fourth-order valence-corrected chi connectivity index (χ4v) is 3.84. The summed E-state index contributed by atoms with van der Waals surface area (Å²) < 4.78 is 7.71. The van der Waals surface area contributed by atoms with Gasteiger partial charge < -0.3 is 19.5 Å². The molecule has 1 N–H and O–H groups in total. The van der Waals surface area contributed by atoms with Crippen molar-refractivity contribution in [2.45, 2.75) is 32.7 Å². The summed E-state index contributed by atoms with van der Waals surface area (Å²) in [5, 5.41) is 3.53. The number of aromatic nitrogens is 2. The summed E-state index contributed by atoms with van der Waals surface area (Å²) in [6.07, 6.45) is 7.89. The van der Waals surface area contributed by atoms with Crippen molar-refractivity contribution in [1.82, 2.24) is 19.8 Å². The van der Waals surface area contributed by atoms with Crippen LogP contribution in [-0.2, 0) is 6.42 Å². The molecule has 1 aliphatic heterocycles. The fourth-order valence-electron chi connectivity index (χ4n) is 3.84. The van der Waals surface area contributed by atoms with Gasteiger partial charge in [-0.15, -0.1) is 24.0 Å². The van der Waals surface area contributed by atoms with Gasteiger partial charge in [0.05, 0.1) is 19.5 Å². The van der Waals surface area contributed by atoms with Crippen LogP contribution in [0.2, 0.25) is 0 Å². The number of benzene rings is 1. The standard InChI is InChI=1S/C21H31N5O.HI/c1-16-5-6-20(27-4)18(13-16)7-9-24-21(22-3)25-11-8-17(2)19(14-25)26-12-10-23-15-26;/h5-6,10,12-13,15,17,19H,7-9,11,14H2,1-4H3,(H,22,24);1H. The monoisotopic (exact) mass is 497 g/mol. The van der Waals surface area contributed by atoms with Crippen molar-refractivity contribution < 1.29 is 4.74 Å². The number of aliphatic imine (C=N–C) groups is 1. The first kappa shape index (κ1) is 22.5. The molecule has 0 bridgehead atoms. The number of ether oxygens (including phenoxy) is 1. The normalized spacial score (nSPS) is 19.9. The molecule has 1 aromatic heterocycles. The van der Waals surface area contributed by atoms with Gasteiger partial charge in [0.2, 0.25) is 0 Å². The molecule has 28 heavy (non-hydrogen) atoms. The van der Waals surface area contributed by atoms with E-state index in [9.17, 15) is 0 Å². The largest absolute Gasteiger partial charge is 0.496 e. The highest BCUT2D eigenvalue weighted by Crippen LogP contribution is 2.27. The average molecular weight is 497 g/mol. The molecule has 154 valence electrons. The number of likely N-dealkylation sites (tertiary alicyclic amines) is 1. The maximum absolute atomic E-state index is 5.49. The van der Waals surface area contributed by atoms with Gasteiger partial charge in [-0.05, 0) is 37.3 Å². The first-order chi connectivity index (χ1) is 13.1. The van der Waals surface area contributed by atoms with Gasteiger partial charge in [0.1, 0.15) is 5.75 Å². The van der Waals surface area contributed by atoms with E-state index in [1.165, 1.54) is 11.1 Å². The van der Waals surface area contributed by atoms with Crippen LogP contribution in [0.1, 0.15) is 30.5 Å². The lowest BCUT2D eigenvalue weighted by Crippen LogP contribution is -2.49. The van der Waals surface area contributed by atoms with Gasteiger partial charge in [-0.2, -0.15) is 0 Å². The Balaban J connectivity index is 0.00000280. The smallest absolute Gasteiger partial charge is 0.193 e. The topological polar surface area (TPSA) is 54.7 Å². The van der Waals surface area contributed by atoms with Gasteiger partial charge >= 0.3 is 0 Å². The molecule has 2 unspecified atom stereocenters. The highest BCUT2D eigenvalue weighted by atomic mass is 127. The molecule has 3 rings (SSSR count). The van der Waals surface area contributed by atoms with Crippen LogP contribution in [0.25, 0.3) is 0 Å². The predicted octanol–water partition coefficient (Wildman–Crippen LogP) is 3.52. The van der Waals surface area contributed by atoms with Crippen molar-refractivity contribution in [2.75, 3.05) is 33.8 Å². The number of piperidine rings is 1. The van der Waals surface area contributed by atoms with E-state index in [0.717, 1.165) is 44.2 Å². The minimum absolute atomic E-state index is 0. The van der Waals surface area contributed by atoms with Crippen molar-refractivity contribution >= 4 is 29.9 Å². The van der Waals surface area contributed by atoms with Gasteiger partial charge in [-0.1, -0.05) is 24.6 Å². The highest BCUT2D eigenvalue weighted by molar-refractivity contribution is 14.0. The number of nitrogens with one attached hydrogen (secondary N) is 1. The Morgan fingerprint density at radius 3 is 2.89 bits per heavy atom. The molecule has 0 radical (unpaired) electrons. The first-order valence-electron chi connectivity index (χ1n) is 9.69. The maximum Gasteiger partial charge on any atom is 0.193 e. The quantitative estimate of drug-likeness (QED) is 0.390. The molecule has 1 fully saturated rings. The highest BCUT2D eigenvalue weighted by Gasteiger charge is 2.28. The molecular formula is C21H32IN5O. The number of nitrogens with zero attached hydrogens (tertiary/aromatic N) is 4. The molecule has 1 saturated heterocycles. The SMILES string of the molecule is CN=C(NCCc1cc(C)ccc1OC)N1CCC(C)C(n2ccnc2)C1.I. The zero-order valence-corrected chi connectivity index (χ0v) is 19.6. The van der Waals surface area contributed by atoms with Gasteiger partial charge in [0.15, 0.2) is 5.96 Å². The third kappa shape index (κ3) is 5.40. The number of hydrogen-bond acceptors (Lipinski definition) is 3. The molecule has 1 aliphatic rings. The van der Waals surface area contributed by atoms with Gasteiger partial charge in [-0.25, -0.2) is 4.98 Å². The molecular weight excluding hydrogens is 465 g/mol. The number of halogens is 1. The van der Waals surface area contributed by atoms with Crippen LogP contribution in [0.5, 0.6) is 5.75 Å². The lowest BCUT2D eigenvalue weighted by Gasteiger charge is -2.39. The van der Waals surface area contributed by atoms with Crippen LogP contribution in [0.15, 0.2) is 41.9 Å². The Morgan fingerprint density at radius 1 is 1.39 bits per heavy atom. The Bertz CT molecular complexity index is 762. The van der Waals surface area contributed by atoms with Crippen LogP contribution in [0.3, 0.4) is 0 Å². The van der Waals surface area contributed by atoms with E-state index in [1.54, 1.807) is 7.11 Å². The molecule has 7 heteroatoms. The summed E-state index contributed by atoms with van der Waals surface area (Å²) in [6, 6.07) is 6.75. The van der Waals surface area contributed by atoms with Crippen LogP contribution < -0.4 is 10.1 Å². The van der Waals surface area contributed by atoms with Crippen molar-refractivity contribution in [3.63, 3.8) is 0 Å². The second-order valence-electron chi connectivity index (χ2n) is 7.33. The van der Waals surface area contributed by atoms with E-state index in [2.05, 4.69) is 56.9 Å². The predicted molar refractivity (Wildman–Crippen MR) is 125 cm³/mol. The molecule has 2 heterocycles. The zero-order chi connectivity index (χ0) is 19.2. The van der Waals surface area contributed by atoms with Gasteiger partial charge in [0.25, 0.3) is 0 Å². The number of methoxy groups -OCH3 is 1. The molecule has 2 aromatic rings. The van der Waals surface area contributed by atoms with Crippen molar-refractivity contribution in [3.8, 4) is 5.75 Å². The van der Waals surface area contributed by atoms with Crippen LogP contribution in [0.4, 0.5) is 0 Å². The van der Waals surface area contributed by atoms with E-state index < -0.39 is 0 Å². The summed E-state index contributed by atoms with van der Waals surface area (Å²) in [5.74, 6) is 2.55. The summed E-state index contributed by atoms with van der Waals surface area (Å²) in [4.78, 5) is 11.1. The minimum atomic E-state index is 0. The molecule has 6 nitrogen and oxygen atoms in total. The number of rotatable bonds is 5. The Morgan fingerprint density at radius 2 is 2.21 bits per heavy atom. The Labute approximate surface area is 185 Å². The molecule has 0 amide bonds. The lowest BCUT2D eigenvalue weighted by molar-refractivity contribution is 0.189. The van der Waals surface area contributed by atoms with Crippen LogP contribution in [-0.4, -0.2) is 54.2 Å². The zero-order valence-electron chi connectivity index (χ0n) is 17.3. The van der Waals surface area contributed by atoms with Crippen molar-refractivity contribution in [1.29, 1.82) is 0 Å². The summed E-state index contributed by atoms with van der Waals surface area (Å²) in [7, 11) is 3.59. The molecule has 0 saturated carbocycles. The number of imidazole rings is 1. The second kappa shape index (κ2) is 10.7. The Kier molecular flexibility index (Phi) is 8.59. The lowest BCUT2D eigenvalue weighted by atomic mass is 9.93. The first-order valence-corrected chi connectivity index (χ1v) is 9.69. The van der Waals surface area contributed by atoms with E-state index in [-0.39, 0.29) is 24.0 Å². The van der Waals surface area contributed by atoms with E-state index in [0.29, 0.717) is 12.0 Å². The van der Waals surface area contributed by atoms with Gasteiger partial charge in [0, 0.05) is 39.1 Å². The third-order valence-corrected chi connectivity index (χ3v) is 5.45. The number of aryl methyl sites for hydroxylation is 1. The summed E-state index contributed by atoms with van der Waals surface area (Å²) in [5.41, 5.74) is 2.48. The molecule has 0 spiro atoms. The van der Waals surface area contributed by atoms with Crippen LogP contribution >= 0.6 is 24.0 Å². The van der Waals surface area contributed by atoms with Gasteiger partial charge in [-0.3, -0.25) is 4.99 Å². The fraction of sp³-hybridized carbons (Fsp3) is 0.524. The second-order valence-corrected chi connectivity index (χ2v) is 7.33. The summed E-state index contributed by atoms with van der Waals surface area (Å²) in [6.45, 7) is 7.24. The maximum atomic E-state index is 5.49. The van der Waals surface area contributed by atoms with Crippen molar-refractivity contribution in [2.24, 2.45) is 10.9 Å². The minimum Gasteiger partial charge on any atom is -0.496 e. The molecule has 2 atom stereocenters. The average Bonchev–Trinajstić information content (AvgIpc) is 3.20. The van der Waals surface area contributed by atoms with E-state index in [1.807, 2.05) is 25.6 Å². The number of hydrogen-bond donors (Lipinski definition) is 1. The van der Waals surface area contributed by atoms with E-state index in [4.69, 9.17) is 4.74 Å². The molecule has 0 aliphatic carbocycles. The third-order valence-electron chi connectivity index (χ3n) is 5.45. The number of guanidine groups is 1. The van der Waals surface area contributed by atoms with Crippen LogP contribution in [0, 0.1) is 12.8 Å². The summed E-state index contributed by atoms with van der Waals surface area (Å²) >= 11 is 0. The Hall–Kier alpha value is -1.77. The van der Waals surface area contributed by atoms with E-state index >= 15 is 0 Å². The van der Waals surface area contributed by atoms with Crippen molar-refractivity contribution in [3.05, 3.63) is 48.0 Å².